The standard InChI is InChI=1S/C9H9N3O/c1-6-8(2-3-13-6)9-11-4-7(10)5-12-9/h2-5H,10H2,1H3. The minimum atomic E-state index is 0.560. The highest BCUT2D eigenvalue weighted by molar-refractivity contribution is 5.57. The van der Waals surface area contributed by atoms with E-state index in [1.165, 1.54) is 0 Å². The van der Waals surface area contributed by atoms with Crippen LogP contribution in [-0.2, 0) is 0 Å². The van der Waals surface area contributed by atoms with Crippen LogP contribution in [0, 0.1) is 6.92 Å². The molecule has 0 saturated heterocycles. The van der Waals surface area contributed by atoms with Gasteiger partial charge in [0, 0.05) is 0 Å². The SMILES string of the molecule is Cc1occc1-c1ncc(N)cn1. The lowest BCUT2D eigenvalue weighted by molar-refractivity contribution is 0.535. The number of nitrogen functional groups attached to an aromatic ring is 1. The molecule has 0 radical (unpaired) electrons. The molecule has 4 nitrogen and oxygen atoms in total. The summed E-state index contributed by atoms with van der Waals surface area (Å²) in [6.45, 7) is 1.87. The molecule has 2 aromatic rings. The van der Waals surface area contributed by atoms with E-state index < -0.39 is 0 Å². The molecule has 0 aliphatic carbocycles. The van der Waals surface area contributed by atoms with Gasteiger partial charge in [0.25, 0.3) is 0 Å². The quantitative estimate of drug-likeness (QED) is 0.715. The number of furan rings is 1. The van der Waals surface area contributed by atoms with Crippen molar-refractivity contribution < 1.29 is 4.42 Å². The number of anilines is 1. The number of nitrogens with zero attached hydrogens (tertiary/aromatic N) is 2. The highest BCUT2D eigenvalue weighted by Crippen LogP contribution is 2.19. The van der Waals surface area contributed by atoms with Crippen molar-refractivity contribution in [2.75, 3.05) is 5.73 Å². The third-order valence-electron chi connectivity index (χ3n) is 1.77. The van der Waals surface area contributed by atoms with Crippen LogP contribution in [0.1, 0.15) is 5.76 Å². The fourth-order valence-corrected chi connectivity index (χ4v) is 1.09. The molecule has 0 unspecified atom stereocenters. The Bertz CT molecular complexity index is 405. The summed E-state index contributed by atoms with van der Waals surface area (Å²) in [6.07, 6.45) is 4.77. The summed E-state index contributed by atoms with van der Waals surface area (Å²) < 4.78 is 5.14. The molecule has 0 saturated carbocycles. The van der Waals surface area contributed by atoms with Gasteiger partial charge in [0.2, 0.25) is 0 Å². The molecule has 2 N–H and O–H groups in total. The van der Waals surface area contributed by atoms with E-state index in [4.69, 9.17) is 10.2 Å². The lowest BCUT2D eigenvalue weighted by atomic mass is 10.2. The van der Waals surface area contributed by atoms with Crippen LogP contribution in [0.2, 0.25) is 0 Å². The topological polar surface area (TPSA) is 64.9 Å². The number of aryl methyl sites for hydroxylation is 1. The van der Waals surface area contributed by atoms with E-state index in [1.54, 1.807) is 18.7 Å². The van der Waals surface area contributed by atoms with Crippen molar-refractivity contribution in [2.45, 2.75) is 6.92 Å². The summed E-state index contributed by atoms with van der Waals surface area (Å²) in [5.41, 5.74) is 6.93. The molecule has 2 heterocycles. The summed E-state index contributed by atoms with van der Waals surface area (Å²) in [7, 11) is 0. The van der Waals surface area contributed by atoms with Crippen LogP contribution in [0.5, 0.6) is 0 Å². The second-order valence-electron chi connectivity index (χ2n) is 2.73. The summed E-state index contributed by atoms with van der Waals surface area (Å²) in [4.78, 5) is 8.17. The van der Waals surface area contributed by atoms with Crippen LogP contribution in [-0.4, -0.2) is 9.97 Å². The Labute approximate surface area is 75.4 Å². The molecule has 4 heteroatoms. The van der Waals surface area contributed by atoms with Gasteiger partial charge in [-0.25, -0.2) is 9.97 Å². The molecule has 2 rings (SSSR count). The van der Waals surface area contributed by atoms with E-state index >= 15 is 0 Å². The number of hydrogen-bond donors (Lipinski definition) is 1. The lowest BCUT2D eigenvalue weighted by Crippen LogP contribution is -1.92. The van der Waals surface area contributed by atoms with Crippen molar-refractivity contribution in [3.63, 3.8) is 0 Å². The summed E-state index contributed by atoms with van der Waals surface area (Å²) in [5, 5.41) is 0. The average Bonchev–Trinajstić information content (AvgIpc) is 2.53. The maximum absolute atomic E-state index is 5.47. The van der Waals surface area contributed by atoms with Crippen molar-refractivity contribution in [3.8, 4) is 11.4 Å². The maximum Gasteiger partial charge on any atom is 0.162 e. The highest BCUT2D eigenvalue weighted by Gasteiger charge is 2.06. The third-order valence-corrected chi connectivity index (χ3v) is 1.77. The molecular weight excluding hydrogens is 166 g/mol. The van der Waals surface area contributed by atoms with Crippen molar-refractivity contribution in [2.24, 2.45) is 0 Å². The third kappa shape index (κ3) is 1.38. The fourth-order valence-electron chi connectivity index (χ4n) is 1.09. The Balaban J connectivity index is 2.47. The second kappa shape index (κ2) is 2.90. The molecule has 0 aliphatic heterocycles. The van der Waals surface area contributed by atoms with Crippen molar-refractivity contribution >= 4 is 5.69 Å². The Hall–Kier alpha value is -1.84. The second-order valence-corrected chi connectivity index (χ2v) is 2.73. The minimum Gasteiger partial charge on any atom is -0.469 e. The van der Waals surface area contributed by atoms with E-state index in [-0.39, 0.29) is 0 Å². The molecular formula is C9H9N3O. The number of rotatable bonds is 1. The Morgan fingerprint density at radius 2 is 2.00 bits per heavy atom. The normalized spacial score (nSPS) is 10.2. The molecule has 66 valence electrons. The van der Waals surface area contributed by atoms with Gasteiger partial charge in [-0.2, -0.15) is 0 Å². The number of hydrogen-bond acceptors (Lipinski definition) is 4. The molecule has 0 bridgehead atoms. The van der Waals surface area contributed by atoms with Crippen LogP contribution in [0.15, 0.2) is 29.1 Å². The highest BCUT2D eigenvalue weighted by atomic mass is 16.3. The average molecular weight is 175 g/mol. The molecule has 0 fully saturated rings. The smallest absolute Gasteiger partial charge is 0.162 e. The van der Waals surface area contributed by atoms with Crippen molar-refractivity contribution in [1.82, 2.24) is 9.97 Å². The molecule has 0 aromatic carbocycles. The first kappa shape index (κ1) is 7.79. The molecule has 0 spiro atoms. The van der Waals surface area contributed by atoms with Crippen LogP contribution in [0.4, 0.5) is 5.69 Å². The first-order chi connectivity index (χ1) is 6.27. The van der Waals surface area contributed by atoms with Gasteiger partial charge < -0.3 is 10.2 Å². The van der Waals surface area contributed by atoms with Crippen molar-refractivity contribution in [3.05, 3.63) is 30.5 Å². The zero-order valence-corrected chi connectivity index (χ0v) is 7.19. The maximum atomic E-state index is 5.47. The molecule has 0 atom stereocenters. The van der Waals surface area contributed by atoms with Crippen LogP contribution in [0.3, 0.4) is 0 Å². The van der Waals surface area contributed by atoms with Gasteiger partial charge in [0.1, 0.15) is 5.76 Å². The van der Waals surface area contributed by atoms with Gasteiger partial charge in [0.05, 0.1) is 29.9 Å². The summed E-state index contributed by atoms with van der Waals surface area (Å²) in [6, 6.07) is 1.83. The van der Waals surface area contributed by atoms with Crippen molar-refractivity contribution in [1.29, 1.82) is 0 Å². The largest absolute Gasteiger partial charge is 0.469 e. The van der Waals surface area contributed by atoms with E-state index in [0.717, 1.165) is 11.3 Å². The molecule has 2 aromatic heterocycles. The first-order valence-corrected chi connectivity index (χ1v) is 3.89. The van der Waals surface area contributed by atoms with E-state index in [2.05, 4.69) is 9.97 Å². The zero-order valence-electron chi connectivity index (χ0n) is 7.19. The Kier molecular flexibility index (Phi) is 1.73. The van der Waals surface area contributed by atoms with E-state index in [9.17, 15) is 0 Å². The van der Waals surface area contributed by atoms with Crippen LogP contribution >= 0.6 is 0 Å². The summed E-state index contributed by atoms with van der Waals surface area (Å²) >= 11 is 0. The number of nitrogens with two attached hydrogens (primary N) is 1. The Morgan fingerprint density at radius 1 is 1.31 bits per heavy atom. The van der Waals surface area contributed by atoms with E-state index in [1.807, 2.05) is 13.0 Å². The molecule has 0 aliphatic rings. The fraction of sp³-hybridized carbons (Fsp3) is 0.111. The first-order valence-electron chi connectivity index (χ1n) is 3.89. The minimum absolute atomic E-state index is 0.560. The Morgan fingerprint density at radius 3 is 2.54 bits per heavy atom. The van der Waals surface area contributed by atoms with Gasteiger partial charge >= 0.3 is 0 Å². The summed E-state index contributed by atoms with van der Waals surface area (Å²) in [5.74, 6) is 1.45. The predicted octanol–water partition coefficient (Wildman–Crippen LogP) is 1.63. The number of aromatic nitrogens is 2. The van der Waals surface area contributed by atoms with Gasteiger partial charge in [-0.1, -0.05) is 0 Å². The van der Waals surface area contributed by atoms with Crippen LogP contribution in [0.25, 0.3) is 11.4 Å². The zero-order chi connectivity index (χ0) is 9.26. The predicted molar refractivity (Wildman–Crippen MR) is 48.9 cm³/mol. The lowest BCUT2D eigenvalue weighted by Gasteiger charge is -1.96. The van der Waals surface area contributed by atoms with Gasteiger partial charge in [-0.15, -0.1) is 0 Å². The molecule has 13 heavy (non-hydrogen) atoms. The van der Waals surface area contributed by atoms with Gasteiger partial charge in [-0.3, -0.25) is 0 Å². The molecule has 0 amide bonds. The van der Waals surface area contributed by atoms with E-state index in [0.29, 0.717) is 11.5 Å². The van der Waals surface area contributed by atoms with Gasteiger partial charge in [-0.05, 0) is 13.0 Å². The monoisotopic (exact) mass is 175 g/mol. The van der Waals surface area contributed by atoms with Crippen LogP contribution < -0.4 is 5.73 Å². The van der Waals surface area contributed by atoms with Gasteiger partial charge in [0.15, 0.2) is 5.82 Å².